The molecular weight excluding hydrogens is 575 g/mol. The number of nitrogens with one attached hydrogen (secondary N) is 1. The number of pyridine rings is 2. The number of rotatable bonds is 8. The quantitative estimate of drug-likeness (QED) is 0.431. The zero-order valence-electron chi connectivity index (χ0n) is 18.2. The summed E-state index contributed by atoms with van der Waals surface area (Å²) in [6, 6.07) is 3.32. The first-order valence-corrected chi connectivity index (χ1v) is 11.8. The lowest BCUT2D eigenvalue weighted by Gasteiger charge is -2.10. The number of aromatic nitrogens is 2. The van der Waals surface area contributed by atoms with Crippen LogP contribution < -0.4 is 10.3 Å². The van der Waals surface area contributed by atoms with E-state index >= 15 is 0 Å². The first kappa shape index (κ1) is 30.3. The molecule has 7 nitrogen and oxygen atoms in total. The maximum Gasteiger partial charge on any atom is 0.266 e. The fourth-order valence-corrected chi connectivity index (χ4v) is 3.21. The summed E-state index contributed by atoms with van der Waals surface area (Å²) in [5.41, 5.74) is -0.264. The Morgan fingerprint density at radius 3 is 2.06 bits per heavy atom. The van der Waals surface area contributed by atoms with Gasteiger partial charge in [-0.25, -0.2) is 4.98 Å². The van der Waals surface area contributed by atoms with Crippen LogP contribution in [0, 0.1) is 0 Å². The smallest absolute Gasteiger partial charge is 0.266 e. The first-order valence-electron chi connectivity index (χ1n) is 9.44. The van der Waals surface area contributed by atoms with E-state index in [1.807, 2.05) is 28.2 Å². The molecule has 31 heavy (non-hydrogen) atoms. The van der Waals surface area contributed by atoms with E-state index in [1.165, 1.54) is 6.20 Å². The molecule has 0 aliphatic carbocycles. The van der Waals surface area contributed by atoms with Crippen LogP contribution in [0.3, 0.4) is 0 Å². The molecule has 0 saturated carbocycles. The Morgan fingerprint density at radius 1 is 1.03 bits per heavy atom. The summed E-state index contributed by atoms with van der Waals surface area (Å²) in [7, 11) is 8.06. The maximum atomic E-state index is 10.6. The highest BCUT2D eigenvalue weighted by Gasteiger charge is 2.03. The molecule has 11 heteroatoms. The van der Waals surface area contributed by atoms with Gasteiger partial charge in [-0.2, -0.15) is 0 Å². The third kappa shape index (κ3) is 16.6. The highest BCUT2D eigenvalue weighted by atomic mass is 79.9. The fraction of sp³-hybridized carbons (Fsp3) is 0.500. The molecule has 0 unspecified atom stereocenters. The Balaban J connectivity index is 0.000000479. The lowest BCUT2D eigenvalue weighted by molar-refractivity contribution is 0.263. The summed E-state index contributed by atoms with van der Waals surface area (Å²) in [6.45, 7) is 2.91. The molecule has 0 radical (unpaired) electrons. The number of aromatic amines is 1. The number of aliphatic hydroxyl groups is 1. The molecule has 176 valence electrons. The summed E-state index contributed by atoms with van der Waals surface area (Å²) in [5.74, 6) is 0.499. The molecule has 2 aromatic heterocycles. The molecule has 0 aliphatic heterocycles. The van der Waals surface area contributed by atoms with Crippen LogP contribution in [-0.2, 0) is 0 Å². The third-order valence-electron chi connectivity index (χ3n) is 3.35. The average molecular weight is 605 g/mol. The predicted molar refractivity (Wildman–Crippen MR) is 136 cm³/mol. The van der Waals surface area contributed by atoms with E-state index < -0.39 is 0 Å². The van der Waals surface area contributed by atoms with Crippen molar-refractivity contribution in [1.29, 1.82) is 0 Å². The molecular formula is C20H30Br2Cl2N4O3. The first-order chi connectivity index (χ1) is 14.6. The van der Waals surface area contributed by atoms with Gasteiger partial charge in [0.1, 0.15) is 10.0 Å². The number of aliphatic hydroxyl groups excluding tert-OH is 1. The highest BCUT2D eigenvalue weighted by Crippen LogP contribution is 2.24. The van der Waals surface area contributed by atoms with Crippen molar-refractivity contribution in [1.82, 2.24) is 19.8 Å². The largest absolute Gasteiger partial charge is 0.477 e. The fourth-order valence-electron chi connectivity index (χ4n) is 1.88. The minimum atomic E-state index is -0.264. The number of halogens is 4. The predicted octanol–water partition coefficient (Wildman–Crippen LogP) is 4.55. The van der Waals surface area contributed by atoms with Gasteiger partial charge in [-0.1, -0.05) is 23.2 Å². The van der Waals surface area contributed by atoms with Crippen molar-refractivity contribution in [3.05, 3.63) is 53.9 Å². The zero-order valence-corrected chi connectivity index (χ0v) is 22.9. The summed E-state index contributed by atoms with van der Waals surface area (Å²) in [4.78, 5) is 21.2. The summed E-state index contributed by atoms with van der Waals surface area (Å²) in [6.07, 6.45) is 5.05. The van der Waals surface area contributed by atoms with E-state index in [0.29, 0.717) is 24.1 Å². The van der Waals surface area contributed by atoms with Gasteiger partial charge in [-0.3, -0.25) is 4.79 Å². The second-order valence-electron chi connectivity index (χ2n) is 6.82. The number of ether oxygens (including phenoxy) is 1. The van der Waals surface area contributed by atoms with Crippen molar-refractivity contribution in [2.24, 2.45) is 0 Å². The zero-order chi connectivity index (χ0) is 23.8. The molecule has 0 fully saturated rings. The molecule has 2 rings (SSSR count). The van der Waals surface area contributed by atoms with Crippen LogP contribution in [0.15, 0.2) is 38.3 Å². The minimum Gasteiger partial charge on any atom is -0.477 e. The Labute approximate surface area is 211 Å². The van der Waals surface area contributed by atoms with Crippen LogP contribution in [0.4, 0.5) is 0 Å². The van der Waals surface area contributed by atoms with E-state index in [-0.39, 0.29) is 10.6 Å². The van der Waals surface area contributed by atoms with Crippen LogP contribution >= 0.6 is 55.1 Å². The molecule has 0 atom stereocenters. The number of hydrogen-bond donors (Lipinski definition) is 2. The maximum absolute atomic E-state index is 10.6. The van der Waals surface area contributed by atoms with Gasteiger partial charge in [0.15, 0.2) is 0 Å². The number of H-pyrrole nitrogens is 1. The van der Waals surface area contributed by atoms with Crippen LogP contribution in [0.1, 0.15) is 12.8 Å². The number of nitrogens with zero attached hydrogens (tertiary/aromatic N) is 3. The van der Waals surface area contributed by atoms with Crippen LogP contribution in [0.2, 0.25) is 10.0 Å². The number of hydrogen-bond acceptors (Lipinski definition) is 6. The van der Waals surface area contributed by atoms with Gasteiger partial charge in [0, 0.05) is 34.5 Å². The Bertz CT molecular complexity index is 808. The van der Waals surface area contributed by atoms with Crippen LogP contribution in [-0.4, -0.2) is 79.4 Å². The lowest BCUT2D eigenvalue weighted by Crippen LogP contribution is -2.15. The van der Waals surface area contributed by atoms with Crippen molar-refractivity contribution >= 4 is 55.1 Å². The van der Waals surface area contributed by atoms with E-state index in [9.17, 15) is 4.79 Å². The van der Waals surface area contributed by atoms with E-state index in [4.69, 9.17) is 33.0 Å². The standard InChI is InChI=1S/C10H14BrClN2O.C5H3BrClNO.C5H13NO/c1-14(2)4-3-5-15-10-9(12)6-8(11)7-13-10;6-3-1-4(7)5(9)8-2-3;1-6(2)4-3-5-7/h6-7H,3-5H2,1-2H3;1-2H,(H,8,9);7H,3-5H2,1-2H3. The normalized spacial score (nSPS) is 10.3. The van der Waals surface area contributed by atoms with Crippen molar-refractivity contribution in [3.63, 3.8) is 0 Å². The molecule has 2 heterocycles. The Hall–Kier alpha value is -0.680. The molecule has 2 aromatic rings. The highest BCUT2D eigenvalue weighted by molar-refractivity contribution is 9.10. The Morgan fingerprint density at radius 2 is 1.61 bits per heavy atom. The van der Waals surface area contributed by atoms with Gasteiger partial charge in [0.2, 0.25) is 5.88 Å². The molecule has 0 aliphatic rings. The Kier molecular flexibility index (Phi) is 17.4. The van der Waals surface area contributed by atoms with Crippen LogP contribution in [0.5, 0.6) is 5.88 Å². The molecule has 0 amide bonds. The topological polar surface area (TPSA) is 81.7 Å². The van der Waals surface area contributed by atoms with Crippen LogP contribution in [0.25, 0.3) is 0 Å². The molecule has 0 spiro atoms. The van der Waals surface area contributed by atoms with Gasteiger partial charge < -0.3 is 24.6 Å². The summed E-state index contributed by atoms with van der Waals surface area (Å²) >= 11 is 17.8. The van der Waals surface area contributed by atoms with Gasteiger partial charge in [-0.15, -0.1) is 0 Å². The second kappa shape index (κ2) is 17.8. The molecule has 0 saturated heterocycles. The monoisotopic (exact) mass is 602 g/mol. The van der Waals surface area contributed by atoms with Crippen molar-refractivity contribution in [3.8, 4) is 5.88 Å². The third-order valence-corrected chi connectivity index (χ3v) is 4.79. The molecule has 0 aromatic carbocycles. The van der Waals surface area contributed by atoms with E-state index in [1.54, 1.807) is 18.3 Å². The van der Waals surface area contributed by atoms with Crippen molar-refractivity contribution in [2.45, 2.75) is 12.8 Å². The summed E-state index contributed by atoms with van der Waals surface area (Å²) in [5, 5.41) is 9.02. The van der Waals surface area contributed by atoms with Gasteiger partial charge in [0.05, 0.1) is 6.61 Å². The minimum absolute atomic E-state index is 0.198. The van der Waals surface area contributed by atoms with Crippen molar-refractivity contribution in [2.75, 3.05) is 54.5 Å². The molecule has 0 bridgehead atoms. The van der Waals surface area contributed by atoms with Crippen molar-refractivity contribution < 1.29 is 9.84 Å². The summed E-state index contributed by atoms with van der Waals surface area (Å²) < 4.78 is 7.08. The SMILES string of the molecule is CN(C)CCCO.CN(C)CCCOc1ncc(Br)cc1Cl.O=c1[nH]cc(Br)cc1Cl. The lowest BCUT2D eigenvalue weighted by atomic mass is 10.4. The van der Waals surface area contributed by atoms with E-state index in [2.05, 4.69) is 51.6 Å². The van der Waals surface area contributed by atoms with Gasteiger partial charge in [0.25, 0.3) is 5.56 Å². The van der Waals surface area contributed by atoms with E-state index in [0.717, 1.165) is 34.9 Å². The second-order valence-corrected chi connectivity index (χ2v) is 9.47. The van der Waals surface area contributed by atoms with Gasteiger partial charge >= 0.3 is 0 Å². The molecule has 2 N–H and O–H groups in total. The average Bonchev–Trinajstić information content (AvgIpc) is 2.69. The van der Waals surface area contributed by atoms with Gasteiger partial charge in [-0.05, 0) is 91.6 Å².